The minimum Gasteiger partial charge on any atom is -0.349 e. The van der Waals surface area contributed by atoms with Gasteiger partial charge in [-0.3, -0.25) is 14.7 Å². The van der Waals surface area contributed by atoms with Crippen molar-refractivity contribution >= 4 is 16.9 Å². The summed E-state index contributed by atoms with van der Waals surface area (Å²) in [7, 11) is 1.91. The molecule has 4 rings (SSSR count). The minimum absolute atomic E-state index is 0.0349. The lowest BCUT2D eigenvalue weighted by Crippen LogP contribution is -2.50. The number of carbonyl (C=O) groups is 1. The van der Waals surface area contributed by atoms with Gasteiger partial charge < -0.3 is 15.2 Å². The summed E-state index contributed by atoms with van der Waals surface area (Å²) in [5.41, 5.74) is 2.22. The second kappa shape index (κ2) is 7.09. The number of hydrogen-bond acceptors (Lipinski definition) is 5. The zero-order valence-electron chi connectivity index (χ0n) is 14.7. The molecule has 1 saturated carbocycles. The van der Waals surface area contributed by atoms with Crippen LogP contribution in [0.5, 0.6) is 0 Å². The number of piperazine rings is 1. The molecule has 7 nitrogen and oxygen atoms in total. The average molecular weight is 342 g/mol. The van der Waals surface area contributed by atoms with Crippen LogP contribution in [0.3, 0.4) is 0 Å². The monoisotopic (exact) mass is 342 g/mol. The maximum atomic E-state index is 12.7. The molecule has 0 radical (unpaired) electrons. The molecule has 134 valence electrons. The first kappa shape index (κ1) is 16.5. The summed E-state index contributed by atoms with van der Waals surface area (Å²) in [5, 5.41) is 6.63. The van der Waals surface area contributed by atoms with Crippen molar-refractivity contribution in [1.82, 2.24) is 30.1 Å². The SMILES string of the molecule is Cn1cnc2cncc(C(=O)NC3CCC(N4CCNCC4)CC3)c21. The Bertz CT molecular complexity index is 743. The number of fused-ring (bicyclic) bond motifs is 1. The van der Waals surface area contributed by atoms with Gasteiger partial charge >= 0.3 is 0 Å². The van der Waals surface area contributed by atoms with Crippen molar-refractivity contribution < 1.29 is 4.79 Å². The lowest BCUT2D eigenvalue weighted by molar-refractivity contribution is 0.0895. The first-order chi connectivity index (χ1) is 12.2. The fraction of sp³-hybridized carbons (Fsp3) is 0.611. The van der Waals surface area contributed by atoms with Gasteiger partial charge in [0.15, 0.2) is 0 Å². The Morgan fingerprint density at radius 1 is 1.20 bits per heavy atom. The third-order valence-corrected chi connectivity index (χ3v) is 5.57. The second-order valence-electron chi connectivity index (χ2n) is 7.18. The number of carbonyl (C=O) groups excluding carboxylic acids is 1. The Hall–Kier alpha value is -1.99. The predicted molar refractivity (Wildman–Crippen MR) is 96.5 cm³/mol. The number of nitrogens with zero attached hydrogens (tertiary/aromatic N) is 4. The molecule has 0 spiro atoms. The summed E-state index contributed by atoms with van der Waals surface area (Å²) >= 11 is 0. The molecule has 3 heterocycles. The van der Waals surface area contributed by atoms with Crippen LogP contribution in [-0.2, 0) is 7.05 Å². The topological polar surface area (TPSA) is 75.1 Å². The summed E-state index contributed by atoms with van der Waals surface area (Å²) in [6, 6.07) is 0.938. The molecule has 0 bridgehead atoms. The quantitative estimate of drug-likeness (QED) is 0.867. The van der Waals surface area contributed by atoms with Crippen molar-refractivity contribution in [1.29, 1.82) is 0 Å². The van der Waals surface area contributed by atoms with Crippen LogP contribution >= 0.6 is 0 Å². The van der Waals surface area contributed by atoms with Crippen LogP contribution in [0.15, 0.2) is 18.7 Å². The van der Waals surface area contributed by atoms with E-state index in [0.29, 0.717) is 11.6 Å². The van der Waals surface area contributed by atoms with Gasteiger partial charge in [0, 0.05) is 51.5 Å². The van der Waals surface area contributed by atoms with Gasteiger partial charge in [-0.15, -0.1) is 0 Å². The van der Waals surface area contributed by atoms with Crippen molar-refractivity contribution in [2.24, 2.45) is 7.05 Å². The van der Waals surface area contributed by atoms with Gasteiger partial charge in [0.05, 0.1) is 23.6 Å². The molecule has 2 aliphatic rings. The van der Waals surface area contributed by atoms with Crippen molar-refractivity contribution in [3.8, 4) is 0 Å². The van der Waals surface area contributed by atoms with Gasteiger partial charge in [-0.05, 0) is 25.7 Å². The van der Waals surface area contributed by atoms with E-state index >= 15 is 0 Å². The first-order valence-electron chi connectivity index (χ1n) is 9.23. The molecule has 2 aromatic heterocycles. The first-order valence-corrected chi connectivity index (χ1v) is 9.23. The summed E-state index contributed by atoms with van der Waals surface area (Å²) in [6.45, 7) is 4.49. The molecule has 0 unspecified atom stereocenters. The second-order valence-corrected chi connectivity index (χ2v) is 7.18. The van der Waals surface area contributed by atoms with E-state index in [4.69, 9.17) is 0 Å². The van der Waals surface area contributed by atoms with Crippen molar-refractivity contribution in [2.45, 2.75) is 37.8 Å². The van der Waals surface area contributed by atoms with E-state index < -0.39 is 0 Å². The van der Waals surface area contributed by atoms with Crippen molar-refractivity contribution in [2.75, 3.05) is 26.2 Å². The Morgan fingerprint density at radius 3 is 2.72 bits per heavy atom. The number of nitrogens with one attached hydrogen (secondary N) is 2. The van der Waals surface area contributed by atoms with Crippen LogP contribution in [-0.4, -0.2) is 63.6 Å². The molecular weight excluding hydrogens is 316 g/mol. The highest BCUT2D eigenvalue weighted by Gasteiger charge is 2.28. The van der Waals surface area contributed by atoms with E-state index in [1.807, 2.05) is 11.6 Å². The molecular formula is C18H26N6O. The summed E-state index contributed by atoms with van der Waals surface area (Å²) < 4.78 is 1.88. The lowest BCUT2D eigenvalue weighted by Gasteiger charge is -2.39. The molecule has 7 heteroatoms. The largest absolute Gasteiger partial charge is 0.349 e. The van der Waals surface area contributed by atoms with Gasteiger partial charge in [0.1, 0.15) is 5.52 Å². The molecule has 2 N–H and O–H groups in total. The normalized spacial score (nSPS) is 25.2. The van der Waals surface area contributed by atoms with E-state index in [-0.39, 0.29) is 11.9 Å². The van der Waals surface area contributed by atoms with Crippen molar-refractivity contribution in [3.63, 3.8) is 0 Å². The van der Waals surface area contributed by atoms with Gasteiger partial charge in [0.25, 0.3) is 5.91 Å². The highest BCUT2D eigenvalue weighted by atomic mass is 16.1. The zero-order valence-corrected chi connectivity index (χ0v) is 14.7. The van der Waals surface area contributed by atoms with Gasteiger partial charge in [-0.25, -0.2) is 4.98 Å². The summed E-state index contributed by atoms with van der Waals surface area (Å²) in [6.07, 6.45) is 9.50. The fourth-order valence-corrected chi connectivity index (χ4v) is 4.18. The highest BCUT2D eigenvalue weighted by Crippen LogP contribution is 2.24. The third-order valence-electron chi connectivity index (χ3n) is 5.57. The van der Waals surface area contributed by atoms with Crippen LogP contribution in [0.2, 0.25) is 0 Å². The number of amides is 1. The standard InChI is InChI=1S/C18H26N6O/c1-23-12-21-16-11-20-10-15(17(16)23)18(25)22-13-2-4-14(5-3-13)24-8-6-19-7-9-24/h10-14,19H,2-9H2,1H3,(H,22,25). The van der Waals surface area contributed by atoms with Gasteiger partial charge in [-0.2, -0.15) is 0 Å². The van der Waals surface area contributed by atoms with E-state index in [1.54, 1.807) is 18.7 Å². The van der Waals surface area contributed by atoms with Gasteiger partial charge in [-0.1, -0.05) is 0 Å². The molecule has 2 aromatic rings. The Morgan fingerprint density at radius 2 is 1.96 bits per heavy atom. The van der Waals surface area contributed by atoms with Crippen LogP contribution in [0.1, 0.15) is 36.0 Å². The number of aromatic nitrogens is 3. The number of pyridine rings is 1. The van der Waals surface area contributed by atoms with E-state index in [1.165, 1.54) is 12.8 Å². The van der Waals surface area contributed by atoms with Gasteiger partial charge in [0.2, 0.25) is 0 Å². The maximum absolute atomic E-state index is 12.7. The number of imidazole rings is 1. The summed E-state index contributed by atoms with van der Waals surface area (Å²) in [4.78, 5) is 23.8. The van der Waals surface area contributed by atoms with Crippen LogP contribution in [0.4, 0.5) is 0 Å². The number of aryl methyl sites for hydroxylation is 1. The van der Waals surface area contributed by atoms with Crippen molar-refractivity contribution in [3.05, 3.63) is 24.3 Å². The molecule has 0 atom stereocenters. The predicted octanol–water partition coefficient (Wildman–Crippen LogP) is 0.915. The van der Waals surface area contributed by atoms with E-state index in [0.717, 1.165) is 50.1 Å². The third kappa shape index (κ3) is 3.39. The van der Waals surface area contributed by atoms with Crippen LogP contribution in [0.25, 0.3) is 11.0 Å². The van der Waals surface area contributed by atoms with Crippen LogP contribution < -0.4 is 10.6 Å². The number of rotatable bonds is 3. The molecule has 1 saturated heterocycles. The molecule has 25 heavy (non-hydrogen) atoms. The molecule has 0 aromatic carbocycles. The van der Waals surface area contributed by atoms with Crippen LogP contribution in [0, 0.1) is 0 Å². The minimum atomic E-state index is -0.0349. The Kier molecular flexibility index (Phi) is 4.67. The Labute approximate surface area is 147 Å². The number of hydrogen-bond donors (Lipinski definition) is 2. The average Bonchev–Trinajstić information content (AvgIpc) is 3.04. The fourth-order valence-electron chi connectivity index (χ4n) is 4.18. The Balaban J connectivity index is 1.38. The van der Waals surface area contributed by atoms with E-state index in [2.05, 4.69) is 25.5 Å². The summed E-state index contributed by atoms with van der Waals surface area (Å²) in [5.74, 6) is -0.0349. The maximum Gasteiger partial charge on any atom is 0.255 e. The molecule has 1 aliphatic heterocycles. The zero-order chi connectivity index (χ0) is 17.2. The smallest absolute Gasteiger partial charge is 0.255 e. The molecule has 1 amide bonds. The molecule has 1 aliphatic carbocycles. The lowest BCUT2D eigenvalue weighted by atomic mass is 9.89. The molecule has 2 fully saturated rings. The highest BCUT2D eigenvalue weighted by molar-refractivity contribution is 6.04. The van der Waals surface area contributed by atoms with E-state index in [9.17, 15) is 4.79 Å².